The van der Waals surface area contributed by atoms with Gasteiger partial charge in [-0.25, -0.2) is 4.98 Å². The summed E-state index contributed by atoms with van der Waals surface area (Å²) < 4.78 is 0. The molecule has 0 fully saturated rings. The predicted octanol–water partition coefficient (Wildman–Crippen LogP) is 3.69. The summed E-state index contributed by atoms with van der Waals surface area (Å²) in [4.78, 5) is 9.22. The standard InChI is InChI=1S/C17H12N4/c1-2-6-15-12(4-1)7-8-16(21-15)14-5-3-9-18-17(14)13-10-19-20-11-13/h1-11H,(H,19,20). The van der Waals surface area contributed by atoms with E-state index in [0.717, 1.165) is 33.4 Å². The highest BCUT2D eigenvalue weighted by atomic mass is 15.1. The van der Waals surface area contributed by atoms with Crippen LogP contribution in [-0.4, -0.2) is 20.2 Å². The lowest BCUT2D eigenvalue weighted by atomic mass is 10.0. The largest absolute Gasteiger partial charge is 0.285 e. The van der Waals surface area contributed by atoms with E-state index < -0.39 is 0 Å². The highest BCUT2D eigenvalue weighted by molar-refractivity contribution is 5.84. The van der Waals surface area contributed by atoms with Gasteiger partial charge in [-0.1, -0.05) is 24.3 Å². The van der Waals surface area contributed by atoms with Gasteiger partial charge in [-0.05, 0) is 24.3 Å². The van der Waals surface area contributed by atoms with Gasteiger partial charge >= 0.3 is 0 Å². The van der Waals surface area contributed by atoms with Crippen LogP contribution in [0.25, 0.3) is 33.4 Å². The predicted molar refractivity (Wildman–Crippen MR) is 82.6 cm³/mol. The lowest BCUT2D eigenvalue weighted by molar-refractivity contribution is 1.09. The topological polar surface area (TPSA) is 54.5 Å². The van der Waals surface area contributed by atoms with Gasteiger partial charge < -0.3 is 0 Å². The Kier molecular flexibility index (Phi) is 2.71. The molecular weight excluding hydrogens is 260 g/mol. The molecule has 4 aromatic rings. The number of nitrogens with zero attached hydrogens (tertiary/aromatic N) is 3. The Bertz CT molecular complexity index is 897. The van der Waals surface area contributed by atoms with Crippen molar-refractivity contribution < 1.29 is 0 Å². The second kappa shape index (κ2) is 4.83. The van der Waals surface area contributed by atoms with Crippen molar-refractivity contribution in [1.29, 1.82) is 0 Å². The van der Waals surface area contributed by atoms with Crippen LogP contribution in [0.1, 0.15) is 0 Å². The maximum atomic E-state index is 4.75. The maximum Gasteiger partial charge on any atom is 0.0827 e. The van der Waals surface area contributed by atoms with Crippen LogP contribution in [0.15, 0.2) is 67.1 Å². The number of nitrogens with one attached hydrogen (secondary N) is 1. The normalized spacial score (nSPS) is 10.9. The van der Waals surface area contributed by atoms with Gasteiger partial charge in [0, 0.05) is 28.9 Å². The number of rotatable bonds is 2. The molecule has 1 aromatic carbocycles. The summed E-state index contributed by atoms with van der Waals surface area (Å²) in [5, 5.41) is 7.96. The van der Waals surface area contributed by atoms with Gasteiger partial charge in [0.25, 0.3) is 0 Å². The average molecular weight is 272 g/mol. The quantitative estimate of drug-likeness (QED) is 0.605. The molecule has 0 saturated carbocycles. The Hall–Kier alpha value is -3.01. The average Bonchev–Trinajstić information content (AvgIpc) is 3.09. The Labute approximate surface area is 121 Å². The summed E-state index contributed by atoms with van der Waals surface area (Å²) in [7, 11) is 0. The van der Waals surface area contributed by atoms with E-state index in [1.807, 2.05) is 42.6 Å². The molecule has 4 heteroatoms. The first-order valence-electron chi connectivity index (χ1n) is 6.72. The molecule has 0 radical (unpaired) electrons. The molecule has 3 heterocycles. The number of hydrogen-bond acceptors (Lipinski definition) is 3. The SMILES string of the molecule is c1cnc(-c2cn[nH]c2)c(-c2ccc3ccccc3n2)c1. The third-order valence-corrected chi connectivity index (χ3v) is 3.45. The van der Waals surface area contributed by atoms with Crippen LogP contribution in [0.3, 0.4) is 0 Å². The zero-order valence-electron chi connectivity index (χ0n) is 11.2. The van der Waals surface area contributed by atoms with E-state index in [2.05, 4.69) is 27.3 Å². The summed E-state index contributed by atoms with van der Waals surface area (Å²) in [5.74, 6) is 0. The number of H-pyrrole nitrogens is 1. The van der Waals surface area contributed by atoms with Crippen LogP contribution in [0, 0.1) is 0 Å². The fourth-order valence-corrected chi connectivity index (χ4v) is 2.44. The lowest BCUT2D eigenvalue weighted by Gasteiger charge is -2.07. The van der Waals surface area contributed by atoms with E-state index >= 15 is 0 Å². The van der Waals surface area contributed by atoms with Gasteiger partial charge in [-0.15, -0.1) is 0 Å². The summed E-state index contributed by atoms with van der Waals surface area (Å²) in [6.07, 6.45) is 5.40. The van der Waals surface area contributed by atoms with Crippen molar-refractivity contribution >= 4 is 10.9 Å². The summed E-state index contributed by atoms with van der Waals surface area (Å²) in [6, 6.07) is 16.2. The monoisotopic (exact) mass is 272 g/mol. The van der Waals surface area contributed by atoms with Crippen molar-refractivity contribution in [3.8, 4) is 22.5 Å². The Morgan fingerprint density at radius 2 is 1.86 bits per heavy atom. The van der Waals surface area contributed by atoms with Crippen molar-refractivity contribution in [2.24, 2.45) is 0 Å². The van der Waals surface area contributed by atoms with Crippen LogP contribution in [0.5, 0.6) is 0 Å². The number of fused-ring (bicyclic) bond motifs is 1. The Morgan fingerprint density at radius 1 is 0.905 bits per heavy atom. The molecule has 100 valence electrons. The number of aromatic amines is 1. The molecule has 21 heavy (non-hydrogen) atoms. The maximum absolute atomic E-state index is 4.75. The van der Waals surface area contributed by atoms with Crippen molar-refractivity contribution in [3.63, 3.8) is 0 Å². The first kappa shape index (κ1) is 11.8. The van der Waals surface area contributed by atoms with Crippen LogP contribution in [0.2, 0.25) is 0 Å². The van der Waals surface area contributed by atoms with Crippen molar-refractivity contribution in [2.75, 3.05) is 0 Å². The van der Waals surface area contributed by atoms with Gasteiger partial charge in [0.05, 0.1) is 23.1 Å². The molecule has 4 nitrogen and oxygen atoms in total. The number of benzene rings is 1. The van der Waals surface area contributed by atoms with Gasteiger partial charge in [-0.3, -0.25) is 10.1 Å². The van der Waals surface area contributed by atoms with E-state index in [1.165, 1.54) is 0 Å². The molecular formula is C17H12N4. The third kappa shape index (κ3) is 2.07. The van der Waals surface area contributed by atoms with Gasteiger partial charge in [0.1, 0.15) is 0 Å². The van der Waals surface area contributed by atoms with Gasteiger partial charge in [0.15, 0.2) is 0 Å². The molecule has 3 aromatic heterocycles. The van der Waals surface area contributed by atoms with Crippen LogP contribution in [0.4, 0.5) is 0 Å². The van der Waals surface area contributed by atoms with Gasteiger partial charge in [0.2, 0.25) is 0 Å². The summed E-state index contributed by atoms with van der Waals surface area (Å²) >= 11 is 0. The summed E-state index contributed by atoms with van der Waals surface area (Å²) in [6.45, 7) is 0. The van der Waals surface area contributed by atoms with Crippen LogP contribution >= 0.6 is 0 Å². The third-order valence-electron chi connectivity index (χ3n) is 3.45. The minimum absolute atomic E-state index is 0.883. The second-order valence-electron chi connectivity index (χ2n) is 4.78. The second-order valence-corrected chi connectivity index (χ2v) is 4.78. The fraction of sp³-hybridized carbons (Fsp3) is 0. The van der Waals surface area contributed by atoms with Crippen molar-refractivity contribution in [2.45, 2.75) is 0 Å². The highest BCUT2D eigenvalue weighted by Crippen LogP contribution is 2.29. The number of para-hydroxylation sites is 1. The molecule has 4 rings (SSSR count). The first-order valence-corrected chi connectivity index (χ1v) is 6.72. The van der Waals surface area contributed by atoms with Crippen molar-refractivity contribution in [1.82, 2.24) is 20.2 Å². The number of aromatic nitrogens is 4. The van der Waals surface area contributed by atoms with Crippen molar-refractivity contribution in [3.05, 3.63) is 67.1 Å². The first-order chi connectivity index (χ1) is 10.4. The van der Waals surface area contributed by atoms with E-state index in [1.54, 1.807) is 12.4 Å². The molecule has 0 spiro atoms. The molecule has 0 bridgehead atoms. The van der Waals surface area contributed by atoms with E-state index in [4.69, 9.17) is 4.98 Å². The minimum Gasteiger partial charge on any atom is -0.285 e. The zero-order valence-corrected chi connectivity index (χ0v) is 11.2. The molecule has 0 aliphatic carbocycles. The molecule has 0 saturated heterocycles. The van der Waals surface area contributed by atoms with E-state index in [-0.39, 0.29) is 0 Å². The van der Waals surface area contributed by atoms with E-state index in [9.17, 15) is 0 Å². The highest BCUT2D eigenvalue weighted by Gasteiger charge is 2.10. The number of pyridine rings is 2. The molecule has 1 N–H and O–H groups in total. The van der Waals surface area contributed by atoms with E-state index in [0.29, 0.717) is 0 Å². The molecule has 0 atom stereocenters. The smallest absolute Gasteiger partial charge is 0.0827 e. The Balaban J connectivity index is 1.93. The number of hydrogen-bond donors (Lipinski definition) is 1. The van der Waals surface area contributed by atoms with Gasteiger partial charge in [-0.2, -0.15) is 5.10 Å². The zero-order chi connectivity index (χ0) is 14.1. The Morgan fingerprint density at radius 3 is 2.76 bits per heavy atom. The fourth-order valence-electron chi connectivity index (χ4n) is 2.44. The molecule has 0 amide bonds. The lowest BCUT2D eigenvalue weighted by Crippen LogP contribution is -1.90. The summed E-state index contributed by atoms with van der Waals surface area (Å²) in [5.41, 5.74) is 4.74. The van der Waals surface area contributed by atoms with Crippen LogP contribution < -0.4 is 0 Å². The minimum atomic E-state index is 0.883. The molecule has 0 aliphatic heterocycles. The van der Waals surface area contributed by atoms with Crippen LogP contribution in [-0.2, 0) is 0 Å². The molecule has 0 unspecified atom stereocenters. The molecule has 0 aliphatic rings.